The summed E-state index contributed by atoms with van der Waals surface area (Å²) in [7, 11) is 2.12. The predicted octanol–water partition coefficient (Wildman–Crippen LogP) is 4.90. The van der Waals surface area contributed by atoms with Gasteiger partial charge in [-0.25, -0.2) is 9.59 Å². The quantitative estimate of drug-likeness (QED) is 0.176. The Morgan fingerprint density at radius 3 is 2.27 bits per heavy atom. The van der Waals surface area contributed by atoms with Crippen molar-refractivity contribution in [3.8, 4) is 5.75 Å². The highest BCUT2D eigenvalue weighted by Crippen LogP contribution is 2.40. The van der Waals surface area contributed by atoms with Gasteiger partial charge in [0, 0.05) is 25.7 Å². The van der Waals surface area contributed by atoms with E-state index >= 15 is 0 Å². The molecule has 220 valence electrons. The zero-order valence-electron chi connectivity index (χ0n) is 24.6. The van der Waals surface area contributed by atoms with Gasteiger partial charge in [0.05, 0.1) is 51.3 Å². The van der Waals surface area contributed by atoms with Crippen molar-refractivity contribution in [3.05, 3.63) is 52.6 Å². The Kier molecular flexibility index (Phi) is 11.1. The van der Waals surface area contributed by atoms with Crippen LogP contribution in [0.15, 0.2) is 47.1 Å². The van der Waals surface area contributed by atoms with Crippen LogP contribution < -0.4 is 4.74 Å². The monoisotopic (exact) mass is 574 g/mol. The lowest BCUT2D eigenvalue weighted by atomic mass is 9.82. The fraction of sp³-hybridized carbons (Fsp3) is 0.567. The molecule has 1 aliphatic heterocycles. The average molecular weight is 575 g/mol. The van der Waals surface area contributed by atoms with Crippen molar-refractivity contribution in [3.63, 3.8) is 0 Å². The highest BCUT2D eigenvalue weighted by atomic mass is 28.4. The second kappa shape index (κ2) is 14.1. The zero-order valence-corrected chi connectivity index (χ0v) is 25.6. The number of fused-ring (bicyclic) bond motifs is 1. The third kappa shape index (κ3) is 7.83. The molecule has 0 unspecified atom stereocenters. The molecule has 1 heterocycles. The van der Waals surface area contributed by atoms with Gasteiger partial charge in [-0.05, 0) is 48.8 Å². The lowest BCUT2D eigenvalue weighted by Gasteiger charge is -2.38. The normalized spacial score (nSPS) is 26.2. The Balaban J connectivity index is 2.19. The first-order valence-corrected chi connectivity index (χ1v) is 16.8. The van der Waals surface area contributed by atoms with Gasteiger partial charge in [0.1, 0.15) is 11.9 Å². The Hall–Kier alpha value is -2.95. The van der Waals surface area contributed by atoms with Crippen molar-refractivity contribution < 1.29 is 42.5 Å². The van der Waals surface area contributed by atoms with E-state index in [1.165, 1.54) is 21.1 Å². The summed E-state index contributed by atoms with van der Waals surface area (Å²) in [4.78, 5) is 39.1. The van der Waals surface area contributed by atoms with Gasteiger partial charge in [-0.1, -0.05) is 31.6 Å². The molecule has 0 saturated carbocycles. The topological polar surface area (TPSA) is 107 Å². The first-order chi connectivity index (χ1) is 19.0. The summed E-state index contributed by atoms with van der Waals surface area (Å²) in [6.45, 7) is 7.81. The Labute approximate surface area is 237 Å². The third-order valence-electron chi connectivity index (χ3n) is 7.38. The molecular formula is C30H42O9Si. The third-order valence-corrected chi connectivity index (χ3v) is 9.49. The minimum atomic E-state index is -2.05. The molecule has 0 saturated heterocycles. The summed E-state index contributed by atoms with van der Waals surface area (Å²) < 4.78 is 34.8. The van der Waals surface area contributed by atoms with E-state index < -0.39 is 44.4 Å². The molecule has 0 N–H and O–H groups in total. The zero-order chi connectivity index (χ0) is 29.4. The summed E-state index contributed by atoms with van der Waals surface area (Å²) in [5.41, 5.74) is 2.14. The van der Waals surface area contributed by atoms with Crippen LogP contribution in [0.25, 0.3) is 0 Å². The molecule has 40 heavy (non-hydrogen) atoms. The van der Waals surface area contributed by atoms with Gasteiger partial charge in [0.15, 0.2) is 8.32 Å². The lowest BCUT2D eigenvalue weighted by Crippen LogP contribution is -2.45. The summed E-state index contributed by atoms with van der Waals surface area (Å²) in [6, 6.07) is 8.29. The first-order valence-electron chi connectivity index (χ1n) is 13.7. The van der Waals surface area contributed by atoms with Crippen LogP contribution in [0.5, 0.6) is 5.75 Å². The van der Waals surface area contributed by atoms with Gasteiger partial charge in [-0.15, -0.1) is 0 Å². The minimum absolute atomic E-state index is 0.157. The van der Waals surface area contributed by atoms with Gasteiger partial charge in [-0.2, -0.15) is 0 Å². The number of benzene rings is 1. The van der Waals surface area contributed by atoms with Crippen LogP contribution in [0.1, 0.15) is 45.1 Å². The molecule has 0 fully saturated rings. The lowest BCUT2D eigenvalue weighted by molar-refractivity contribution is -0.163. The first kappa shape index (κ1) is 31.6. The van der Waals surface area contributed by atoms with E-state index in [2.05, 4.69) is 19.2 Å². The molecule has 1 aromatic rings. The number of carbonyl (C=O) groups excluding carboxylic acids is 3. The van der Waals surface area contributed by atoms with Crippen LogP contribution in [0.4, 0.5) is 0 Å². The van der Waals surface area contributed by atoms with Gasteiger partial charge in [0.2, 0.25) is 0 Å². The molecule has 0 spiro atoms. The van der Waals surface area contributed by atoms with Crippen molar-refractivity contribution in [2.75, 3.05) is 21.3 Å². The SMILES string of the molecule is CCC[C@@H]1/C(C(=O)OC)=C(/C(=O)OC)CC2=CC[Si](C)(C)O[C@@H]2C[C@@H](OCc2ccc(OC)cc2)[C@@H]1OC(C)=O. The highest BCUT2D eigenvalue weighted by Gasteiger charge is 2.45. The van der Waals surface area contributed by atoms with Gasteiger partial charge in [0.25, 0.3) is 0 Å². The smallest absolute Gasteiger partial charge is 0.334 e. The molecule has 10 heteroatoms. The number of esters is 3. The second-order valence-corrected chi connectivity index (χ2v) is 15.0. The Morgan fingerprint density at radius 1 is 1.02 bits per heavy atom. The maximum atomic E-state index is 13.4. The summed E-state index contributed by atoms with van der Waals surface area (Å²) >= 11 is 0. The van der Waals surface area contributed by atoms with E-state index in [0.717, 1.165) is 22.9 Å². The predicted molar refractivity (Wildman–Crippen MR) is 151 cm³/mol. The van der Waals surface area contributed by atoms with E-state index in [4.69, 9.17) is 28.1 Å². The molecule has 0 radical (unpaired) electrons. The summed E-state index contributed by atoms with van der Waals surface area (Å²) in [6.07, 6.45) is 1.90. The maximum absolute atomic E-state index is 13.4. The number of ether oxygens (including phenoxy) is 5. The van der Waals surface area contributed by atoms with Crippen LogP contribution in [0.3, 0.4) is 0 Å². The molecule has 0 amide bonds. The molecule has 2 aliphatic rings. The van der Waals surface area contributed by atoms with Crippen molar-refractivity contribution in [2.45, 2.75) is 83.6 Å². The van der Waals surface area contributed by atoms with Crippen molar-refractivity contribution in [1.82, 2.24) is 0 Å². The number of allylic oxidation sites excluding steroid dienone is 1. The van der Waals surface area contributed by atoms with E-state index in [1.807, 2.05) is 31.2 Å². The van der Waals surface area contributed by atoms with Crippen LogP contribution in [-0.2, 0) is 44.4 Å². The van der Waals surface area contributed by atoms with Crippen LogP contribution >= 0.6 is 0 Å². The fourth-order valence-electron chi connectivity index (χ4n) is 5.44. The molecule has 1 aliphatic carbocycles. The Bertz CT molecular complexity index is 1120. The van der Waals surface area contributed by atoms with Crippen LogP contribution in [0, 0.1) is 5.92 Å². The number of methoxy groups -OCH3 is 3. The molecule has 0 bridgehead atoms. The molecular weight excluding hydrogens is 532 g/mol. The molecule has 4 atom stereocenters. The van der Waals surface area contributed by atoms with Gasteiger partial charge < -0.3 is 28.1 Å². The number of rotatable bonds is 9. The van der Waals surface area contributed by atoms with Crippen LogP contribution in [-0.4, -0.2) is 65.9 Å². The molecule has 9 nitrogen and oxygen atoms in total. The van der Waals surface area contributed by atoms with E-state index in [-0.39, 0.29) is 30.3 Å². The second-order valence-electron chi connectivity index (χ2n) is 10.8. The molecule has 1 aromatic carbocycles. The summed E-state index contributed by atoms with van der Waals surface area (Å²) in [5, 5.41) is 0. The van der Waals surface area contributed by atoms with E-state index in [0.29, 0.717) is 19.3 Å². The van der Waals surface area contributed by atoms with E-state index in [1.54, 1.807) is 7.11 Å². The van der Waals surface area contributed by atoms with Gasteiger partial charge >= 0.3 is 17.9 Å². The number of hydrogen-bond donors (Lipinski definition) is 0. The largest absolute Gasteiger partial charge is 0.497 e. The maximum Gasteiger partial charge on any atom is 0.334 e. The van der Waals surface area contributed by atoms with Crippen molar-refractivity contribution in [1.29, 1.82) is 0 Å². The van der Waals surface area contributed by atoms with Gasteiger partial charge in [-0.3, -0.25) is 4.79 Å². The number of carbonyl (C=O) groups is 3. The highest BCUT2D eigenvalue weighted by molar-refractivity contribution is 6.71. The number of hydrogen-bond acceptors (Lipinski definition) is 9. The summed E-state index contributed by atoms with van der Waals surface area (Å²) in [5.74, 6) is -1.73. The average Bonchev–Trinajstić information content (AvgIpc) is 2.97. The van der Waals surface area contributed by atoms with Crippen molar-refractivity contribution >= 4 is 26.2 Å². The van der Waals surface area contributed by atoms with E-state index in [9.17, 15) is 14.4 Å². The standard InChI is InChI=1S/C30H42O9Si/c1-8-9-23-27(30(33)36-5)24(29(32)35-4)16-21-14-15-40(6,7)39-25(21)17-26(28(23)38-19(2)31)37-18-20-10-12-22(34-3)13-11-20/h10-14,23,25-26,28H,8-9,15-18H2,1-7H3/b27-24-/t23-,25-,26-,28-/m1/s1. The van der Waals surface area contributed by atoms with Crippen LogP contribution in [0.2, 0.25) is 19.1 Å². The minimum Gasteiger partial charge on any atom is -0.497 e. The molecule has 3 rings (SSSR count). The molecule has 0 aromatic heterocycles. The van der Waals surface area contributed by atoms with Crippen molar-refractivity contribution in [2.24, 2.45) is 5.92 Å². The Morgan fingerprint density at radius 2 is 1.70 bits per heavy atom. The fourth-order valence-corrected chi connectivity index (χ4v) is 7.31.